The van der Waals surface area contributed by atoms with Crippen LogP contribution >= 0.6 is 0 Å². The van der Waals surface area contributed by atoms with Crippen molar-refractivity contribution in [1.82, 2.24) is 14.8 Å². The van der Waals surface area contributed by atoms with Crippen LogP contribution in [0.15, 0.2) is 24.5 Å². The molecule has 0 atom stereocenters. The van der Waals surface area contributed by atoms with Gasteiger partial charge in [-0.3, -0.25) is 0 Å². The van der Waals surface area contributed by atoms with Crippen molar-refractivity contribution in [2.45, 2.75) is 13.5 Å². The number of aryl methyl sites for hydroxylation is 2. The van der Waals surface area contributed by atoms with E-state index in [0.29, 0.717) is 6.54 Å². The third-order valence-electron chi connectivity index (χ3n) is 2.45. The molecule has 0 spiro atoms. The van der Waals surface area contributed by atoms with E-state index in [0.717, 1.165) is 17.2 Å². The van der Waals surface area contributed by atoms with Crippen molar-refractivity contribution in [2.24, 2.45) is 7.05 Å². The van der Waals surface area contributed by atoms with Gasteiger partial charge in [0, 0.05) is 7.05 Å². The molecule has 0 aliphatic carbocycles. The summed E-state index contributed by atoms with van der Waals surface area (Å²) in [4.78, 5) is 0. The molecule has 0 amide bonds. The van der Waals surface area contributed by atoms with Crippen LogP contribution in [-0.4, -0.2) is 14.8 Å². The monoisotopic (exact) mass is 217 g/mol. The Labute approximate surface area is 94.3 Å². The summed E-state index contributed by atoms with van der Waals surface area (Å²) >= 11 is 0. The van der Waals surface area contributed by atoms with Crippen LogP contribution in [-0.2, 0) is 13.6 Å². The Morgan fingerprint density at radius 2 is 2.25 bits per heavy atom. The number of nitrogens with two attached hydrogens (primary N) is 1. The van der Waals surface area contributed by atoms with Gasteiger partial charge in [0.2, 0.25) is 0 Å². The predicted molar refractivity (Wildman–Crippen MR) is 63.9 cm³/mol. The van der Waals surface area contributed by atoms with E-state index in [9.17, 15) is 0 Å². The van der Waals surface area contributed by atoms with Gasteiger partial charge in [0.25, 0.3) is 0 Å². The zero-order chi connectivity index (χ0) is 11.5. The van der Waals surface area contributed by atoms with Crippen LogP contribution < -0.4 is 11.1 Å². The fourth-order valence-electron chi connectivity index (χ4n) is 1.46. The molecule has 0 unspecified atom stereocenters. The van der Waals surface area contributed by atoms with Crippen LogP contribution in [0.1, 0.15) is 11.4 Å². The number of aromatic nitrogens is 3. The maximum Gasteiger partial charge on any atom is 0.151 e. The van der Waals surface area contributed by atoms with Crippen LogP contribution in [0, 0.1) is 6.92 Å². The van der Waals surface area contributed by atoms with Crippen molar-refractivity contribution in [3.8, 4) is 0 Å². The van der Waals surface area contributed by atoms with Gasteiger partial charge >= 0.3 is 0 Å². The maximum atomic E-state index is 5.86. The van der Waals surface area contributed by atoms with Crippen molar-refractivity contribution in [1.29, 1.82) is 0 Å². The number of nitrogens with one attached hydrogen (secondary N) is 1. The summed E-state index contributed by atoms with van der Waals surface area (Å²) in [6, 6.07) is 5.91. The number of nitrogens with zero attached hydrogens (tertiary/aromatic N) is 3. The van der Waals surface area contributed by atoms with Gasteiger partial charge in [-0.2, -0.15) is 0 Å². The second kappa shape index (κ2) is 4.22. The molecule has 0 aliphatic heterocycles. The summed E-state index contributed by atoms with van der Waals surface area (Å²) in [5, 5.41) is 11.1. The Balaban J connectivity index is 2.10. The molecule has 1 aromatic carbocycles. The standard InChI is InChI=1S/C11H15N5/c1-8-3-4-9(12)10(5-8)13-6-11-15-14-7-16(11)2/h3-5,7,13H,6,12H2,1-2H3. The molecule has 1 heterocycles. The summed E-state index contributed by atoms with van der Waals surface area (Å²) < 4.78 is 1.87. The first kappa shape index (κ1) is 10.5. The number of benzene rings is 1. The van der Waals surface area contributed by atoms with Gasteiger partial charge in [-0.05, 0) is 24.6 Å². The average Bonchev–Trinajstić information content (AvgIpc) is 2.66. The molecular formula is C11H15N5. The number of hydrogen-bond acceptors (Lipinski definition) is 4. The first-order valence-corrected chi connectivity index (χ1v) is 5.09. The SMILES string of the molecule is Cc1ccc(N)c(NCc2nncn2C)c1. The van der Waals surface area contributed by atoms with E-state index < -0.39 is 0 Å². The topological polar surface area (TPSA) is 68.8 Å². The summed E-state index contributed by atoms with van der Waals surface area (Å²) in [6.45, 7) is 2.65. The van der Waals surface area contributed by atoms with Crippen LogP contribution in [0.4, 0.5) is 11.4 Å². The Morgan fingerprint density at radius 3 is 2.94 bits per heavy atom. The molecule has 5 nitrogen and oxygen atoms in total. The smallest absolute Gasteiger partial charge is 0.151 e. The Kier molecular flexibility index (Phi) is 2.76. The number of rotatable bonds is 3. The highest BCUT2D eigenvalue weighted by atomic mass is 15.3. The highest BCUT2D eigenvalue weighted by Gasteiger charge is 2.02. The van der Waals surface area contributed by atoms with Crippen molar-refractivity contribution < 1.29 is 0 Å². The van der Waals surface area contributed by atoms with Gasteiger partial charge in [-0.15, -0.1) is 10.2 Å². The number of anilines is 2. The van der Waals surface area contributed by atoms with Crippen molar-refractivity contribution in [3.63, 3.8) is 0 Å². The van der Waals surface area contributed by atoms with Gasteiger partial charge < -0.3 is 15.6 Å². The van der Waals surface area contributed by atoms with Crippen molar-refractivity contribution in [2.75, 3.05) is 11.1 Å². The largest absolute Gasteiger partial charge is 0.397 e. The predicted octanol–water partition coefficient (Wildman–Crippen LogP) is 1.32. The maximum absolute atomic E-state index is 5.86. The average molecular weight is 217 g/mol. The molecule has 5 heteroatoms. The molecular weight excluding hydrogens is 202 g/mol. The lowest BCUT2D eigenvalue weighted by Crippen LogP contribution is -2.07. The van der Waals surface area contributed by atoms with Gasteiger partial charge in [0.15, 0.2) is 5.82 Å². The van der Waals surface area contributed by atoms with E-state index in [2.05, 4.69) is 15.5 Å². The number of hydrogen-bond donors (Lipinski definition) is 2. The van der Waals surface area contributed by atoms with Gasteiger partial charge in [0.05, 0.1) is 17.9 Å². The number of nitrogen functional groups attached to an aromatic ring is 1. The minimum absolute atomic E-state index is 0.615. The molecule has 3 N–H and O–H groups in total. The van der Waals surface area contributed by atoms with Crippen molar-refractivity contribution >= 4 is 11.4 Å². The van der Waals surface area contributed by atoms with Gasteiger partial charge in [-0.25, -0.2) is 0 Å². The summed E-state index contributed by atoms with van der Waals surface area (Å²) in [5.74, 6) is 0.876. The van der Waals surface area contributed by atoms with E-state index in [4.69, 9.17) is 5.73 Å². The second-order valence-electron chi connectivity index (χ2n) is 3.80. The minimum atomic E-state index is 0.615. The zero-order valence-corrected chi connectivity index (χ0v) is 9.44. The van der Waals surface area contributed by atoms with E-state index in [-0.39, 0.29) is 0 Å². The molecule has 0 fully saturated rings. The molecule has 0 saturated carbocycles. The lowest BCUT2D eigenvalue weighted by Gasteiger charge is -2.09. The molecule has 2 rings (SSSR count). The van der Waals surface area contributed by atoms with E-state index in [1.54, 1.807) is 6.33 Å². The Morgan fingerprint density at radius 1 is 1.44 bits per heavy atom. The highest BCUT2D eigenvalue weighted by Crippen LogP contribution is 2.19. The first-order valence-electron chi connectivity index (χ1n) is 5.09. The normalized spacial score (nSPS) is 10.4. The van der Waals surface area contributed by atoms with Crippen LogP contribution in [0.2, 0.25) is 0 Å². The molecule has 0 saturated heterocycles. The summed E-state index contributed by atoms with van der Waals surface area (Å²) in [6.07, 6.45) is 1.68. The minimum Gasteiger partial charge on any atom is -0.397 e. The lowest BCUT2D eigenvalue weighted by molar-refractivity contribution is 0.812. The zero-order valence-electron chi connectivity index (χ0n) is 9.44. The van der Waals surface area contributed by atoms with Gasteiger partial charge in [0.1, 0.15) is 6.33 Å². The van der Waals surface area contributed by atoms with E-state index in [1.165, 1.54) is 5.56 Å². The van der Waals surface area contributed by atoms with Crippen LogP contribution in [0.3, 0.4) is 0 Å². The fourth-order valence-corrected chi connectivity index (χ4v) is 1.46. The first-order chi connectivity index (χ1) is 7.66. The molecule has 84 valence electrons. The van der Waals surface area contributed by atoms with Crippen molar-refractivity contribution in [3.05, 3.63) is 35.9 Å². The lowest BCUT2D eigenvalue weighted by atomic mass is 10.2. The molecule has 16 heavy (non-hydrogen) atoms. The van der Waals surface area contributed by atoms with Crippen LogP contribution in [0.5, 0.6) is 0 Å². The molecule has 1 aromatic heterocycles. The second-order valence-corrected chi connectivity index (χ2v) is 3.80. The molecule has 0 bridgehead atoms. The fraction of sp³-hybridized carbons (Fsp3) is 0.273. The quantitative estimate of drug-likeness (QED) is 0.761. The molecule has 0 radical (unpaired) electrons. The molecule has 0 aliphatic rings. The third kappa shape index (κ3) is 2.13. The Hall–Kier alpha value is -2.04. The Bertz CT molecular complexity index is 489. The van der Waals surface area contributed by atoms with Gasteiger partial charge in [-0.1, -0.05) is 6.07 Å². The van der Waals surface area contributed by atoms with Crippen LogP contribution in [0.25, 0.3) is 0 Å². The summed E-state index contributed by atoms with van der Waals surface area (Å²) in [5.41, 5.74) is 8.71. The molecule has 2 aromatic rings. The van der Waals surface area contributed by atoms with E-state index >= 15 is 0 Å². The third-order valence-corrected chi connectivity index (χ3v) is 2.45. The summed E-state index contributed by atoms with van der Waals surface area (Å²) in [7, 11) is 1.91. The van der Waals surface area contributed by atoms with E-state index in [1.807, 2.05) is 36.7 Å². The highest BCUT2D eigenvalue weighted by molar-refractivity contribution is 5.66.